The number of pyridine rings is 1. The summed E-state index contributed by atoms with van der Waals surface area (Å²) in [6.45, 7) is 0. The Balaban J connectivity index is 1.63. The predicted molar refractivity (Wildman–Crippen MR) is 148 cm³/mol. The van der Waals surface area contributed by atoms with E-state index in [9.17, 15) is 19.2 Å². The zero-order valence-corrected chi connectivity index (χ0v) is 21.1. The number of nitriles is 1. The molecule has 0 radical (unpaired) electrons. The van der Waals surface area contributed by atoms with Crippen LogP contribution in [0.25, 0.3) is 17.3 Å². The Bertz CT molecular complexity index is 1860. The number of benzene rings is 3. The summed E-state index contributed by atoms with van der Waals surface area (Å²) >= 11 is 0.968. The van der Waals surface area contributed by atoms with Crippen LogP contribution in [-0.2, 0) is 4.79 Å². The fourth-order valence-corrected chi connectivity index (χ4v) is 4.81. The van der Waals surface area contributed by atoms with E-state index >= 15 is 0 Å². The lowest BCUT2D eigenvalue weighted by molar-refractivity contribution is -0.111. The molecule has 0 saturated carbocycles. The molecule has 9 heteroatoms. The molecule has 39 heavy (non-hydrogen) atoms. The molecule has 2 heterocycles. The highest BCUT2D eigenvalue weighted by Crippen LogP contribution is 2.29. The summed E-state index contributed by atoms with van der Waals surface area (Å²) in [7, 11) is 0. The Kier molecular flexibility index (Phi) is 7.39. The van der Waals surface area contributed by atoms with Crippen molar-refractivity contribution in [3.8, 4) is 23.3 Å². The van der Waals surface area contributed by atoms with E-state index in [1.54, 1.807) is 66.9 Å². The number of nitrogens with zero attached hydrogens (tertiary/aromatic N) is 3. The first-order chi connectivity index (χ1) is 19.0. The molecule has 1 amide bonds. The highest BCUT2D eigenvalue weighted by Gasteiger charge is 2.19. The normalized spacial score (nSPS) is 11.9. The van der Waals surface area contributed by atoms with Crippen LogP contribution in [0.2, 0.25) is 0 Å². The van der Waals surface area contributed by atoms with Gasteiger partial charge in [-0.2, -0.15) is 5.26 Å². The number of amides is 1. The average molecular weight is 535 g/mol. The number of nitrogens with one attached hydrogen (secondary N) is 1. The molecule has 0 spiro atoms. The van der Waals surface area contributed by atoms with Crippen LogP contribution in [0.4, 0.5) is 10.1 Å². The SMILES string of the molecule is N#C/C(C(=O)Nc1ccccc1Oc1ccccc1)=c1/s/c(=C\c2ccccn2)c(=O)n1-c1ccc(F)cc1. The second-order valence-electron chi connectivity index (χ2n) is 8.14. The number of rotatable bonds is 6. The molecule has 0 atom stereocenters. The number of ether oxygens (including phenoxy) is 1. The van der Waals surface area contributed by atoms with Gasteiger partial charge in [0.2, 0.25) is 0 Å². The molecule has 0 aliphatic carbocycles. The summed E-state index contributed by atoms with van der Waals surface area (Å²) in [6, 6.07) is 28.3. The third-order valence-electron chi connectivity index (χ3n) is 5.53. The second kappa shape index (κ2) is 11.4. The van der Waals surface area contributed by atoms with Gasteiger partial charge in [0.05, 0.1) is 21.6 Å². The van der Waals surface area contributed by atoms with Gasteiger partial charge < -0.3 is 10.1 Å². The van der Waals surface area contributed by atoms with Crippen LogP contribution in [0.15, 0.2) is 108 Å². The van der Waals surface area contributed by atoms with Gasteiger partial charge in [0.25, 0.3) is 11.5 Å². The van der Waals surface area contributed by atoms with Gasteiger partial charge in [-0.25, -0.2) is 4.39 Å². The minimum Gasteiger partial charge on any atom is -0.455 e. The van der Waals surface area contributed by atoms with E-state index < -0.39 is 17.3 Å². The maximum absolute atomic E-state index is 13.7. The van der Waals surface area contributed by atoms with Crippen LogP contribution < -0.4 is 24.8 Å². The maximum atomic E-state index is 13.7. The van der Waals surface area contributed by atoms with E-state index in [2.05, 4.69) is 10.3 Å². The molecule has 5 aromatic rings. The molecule has 7 nitrogen and oxygen atoms in total. The number of carbonyl (C=O) groups excluding carboxylic acids is 1. The van der Waals surface area contributed by atoms with Crippen molar-refractivity contribution in [2.24, 2.45) is 0 Å². The van der Waals surface area contributed by atoms with Crippen molar-refractivity contribution >= 4 is 34.6 Å². The predicted octanol–water partition coefficient (Wildman–Crippen LogP) is 4.37. The Morgan fingerprint density at radius 3 is 2.41 bits per heavy atom. The van der Waals surface area contributed by atoms with Gasteiger partial charge in [-0.05, 0) is 66.7 Å². The van der Waals surface area contributed by atoms with Crippen LogP contribution in [-0.4, -0.2) is 15.5 Å². The van der Waals surface area contributed by atoms with Crippen LogP contribution in [0.3, 0.4) is 0 Å². The van der Waals surface area contributed by atoms with Gasteiger partial charge in [-0.1, -0.05) is 36.4 Å². The largest absolute Gasteiger partial charge is 0.455 e. The van der Waals surface area contributed by atoms with Crippen LogP contribution in [0.5, 0.6) is 11.5 Å². The number of anilines is 1. The molecule has 0 fully saturated rings. The molecule has 5 rings (SSSR count). The number of hydrogen-bond donors (Lipinski definition) is 1. The standard InChI is InChI=1S/C30H19FN4O3S/c31-20-13-15-22(16-14-20)35-29(37)27(18-21-8-6-7-17-33-21)39-30(35)24(19-32)28(36)34-25-11-4-5-12-26(25)38-23-9-2-1-3-10-23/h1-18H,(H,34,36)/b27-18-,30-24-. The van der Waals surface area contributed by atoms with Crippen molar-refractivity contribution in [1.29, 1.82) is 5.26 Å². The topological polar surface area (TPSA) is 97.0 Å². The highest BCUT2D eigenvalue weighted by molar-refractivity contribution is 7.07. The molecular formula is C30H19FN4O3S. The molecule has 190 valence electrons. The van der Waals surface area contributed by atoms with Crippen molar-refractivity contribution in [1.82, 2.24) is 9.55 Å². The minimum atomic E-state index is -0.733. The summed E-state index contributed by atoms with van der Waals surface area (Å²) in [6.07, 6.45) is 3.17. The fourth-order valence-electron chi connectivity index (χ4n) is 3.73. The minimum absolute atomic E-state index is 0.0928. The second-order valence-corrected chi connectivity index (χ2v) is 9.17. The first-order valence-corrected chi connectivity index (χ1v) is 12.5. The average Bonchev–Trinajstić information content (AvgIpc) is 3.27. The number of halogens is 1. The highest BCUT2D eigenvalue weighted by atomic mass is 32.1. The molecule has 1 N–H and O–H groups in total. The van der Waals surface area contributed by atoms with Gasteiger partial charge in [0.15, 0.2) is 11.3 Å². The number of carbonyl (C=O) groups is 1. The Morgan fingerprint density at radius 2 is 1.69 bits per heavy atom. The summed E-state index contributed by atoms with van der Waals surface area (Å²) < 4.78 is 21.1. The van der Waals surface area contributed by atoms with Crippen LogP contribution in [0.1, 0.15) is 5.69 Å². The number of thiazole rings is 1. The Hall–Kier alpha value is -5.33. The summed E-state index contributed by atoms with van der Waals surface area (Å²) in [5, 5.41) is 12.8. The number of hydrogen-bond acceptors (Lipinski definition) is 6. The van der Waals surface area contributed by atoms with E-state index in [0.29, 0.717) is 28.6 Å². The molecule has 0 aliphatic heterocycles. The molecule has 0 bridgehead atoms. The van der Waals surface area contributed by atoms with Gasteiger partial charge in [-0.3, -0.25) is 19.1 Å². The lowest BCUT2D eigenvalue weighted by atomic mass is 10.2. The third-order valence-corrected chi connectivity index (χ3v) is 6.63. The van der Waals surface area contributed by atoms with E-state index in [-0.39, 0.29) is 14.8 Å². The zero-order valence-electron chi connectivity index (χ0n) is 20.2. The van der Waals surface area contributed by atoms with Crippen molar-refractivity contribution in [2.45, 2.75) is 0 Å². The van der Waals surface area contributed by atoms with Crippen molar-refractivity contribution in [3.63, 3.8) is 0 Å². The van der Waals surface area contributed by atoms with Gasteiger partial charge >= 0.3 is 0 Å². The van der Waals surface area contributed by atoms with Gasteiger partial charge in [0.1, 0.15) is 22.3 Å². The third kappa shape index (κ3) is 5.66. The van der Waals surface area contributed by atoms with Crippen molar-refractivity contribution < 1.29 is 13.9 Å². The Labute approximate surface area is 226 Å². The molecule has 2 aromatic heterocycles. The van der Waals surface area contributed by atoms with Gasteiger partial charge in [0, 0.05) is 6.20 Å². The molecule has 0 saturated heterocycles. The molecule has 3 aromatic carbocycles. The lowest BCUT2D eigenvalue weighted by Crippen LogP contribution is -2.32. The van der Waals surface area contributed by atoms with Crippen molar-refractivity contribution in [2.75, 3.05) is 5.32 Å². The lowest BCUT2D eigenvalue weighted by Gasteiger charge is -2.12. The van der Waals surface area contributed by atoms with E-state index in [0.717, 1.165) is 11.3 Å². The van der Waals surface area contributed by atoms with Crippen molar-refractivity contribution in [3.05, 3.63) is 134 Å². The monoisotopic (exact) mass is 534 g/mol. The van der Waals surface area contributed by atoms with Crippen LogP contribution >= 0.6 is 11.3 Å². The fraction of sp³-hybridized carbons (Fsp3) is 0. The maximum Gasteiger partial charge on any atom is 0.273 e. The smallest absolute Gasteiger partial charge is 0.273 e. The number of aromatic nitrogens is 2. The quantitative estimate of drug-likeness (QED) is 0.349. The summed E-state index contributed by atoms with van der Waals surface area (Å²) in [5.74, 6) is -0.272. The van der Waals surface area contributed by atoms with E-state index in [4.69, 9.17) is 4.74 Å². The van der Waals surface area contributed by atoms with E-state index in [1.165, 1.54) is 28.8 Å². The first kappa shape index (κ1) is 25.3. The number of para-hydroxylation sites is 3. The molecule has 0 aliphatic rings. The summed E-state index contributed by atoms with van der Waals surface area (Å²) in [4.78, 5) is 31.2. The Morgan fingerprint density at radius 1 is 0.974 bits per heavy atom. The summed E-state index contributed by atoms with van der Waals surface area (Å²) in [5.41, 5.74) is 0.411. The zero-order chi connectivity index (χ0) is 27.2. The first-order valence-electron chi connectivity index (χ1n) is 11.7. The molecular weight excluding hydrogens is 515 g/mol. The van der Waals surface area contributed by atoms with Crippen LogP contribution in [0, 0.1) is 17.1 Å². The van der Waals surface area contributed by atoms with Gasteiger partial charge in [-0.15, -0.1) is 11.3 Å². The van der Waals surface area contributed by atoms with E-state index in [1.807, 2.05) is 24.3 Å². The molecule has 0 unspecified atom stereocenters.